The van der Waals surface area contributed by atoms with Gasteiger partial charge in [-0.25, -0.2) is 0 Å². The van der Waals surface area contributed by atoms with E-state index < -0.39 is 0 Å². The maximum absolute atomic E-state index is 4.39. The molecule has 0 saturated heterocycles. The molecule has 0 aliphatic carbocycles. The first-order valence-corrected chi connectivity index (χ1v) is 0.802. The number of hydrogen-bond acceptors (Lipinski definition) is 0. The van der Waals surface area contributed by atoms with Gasteiger partial charge in [0, 0.05) is 6.38 Å². The minimum absolute atomic E-state index is 0. The second-order valence-corrected chi connectivity index (χ2v) is 0. The standard InChI is InChI=1S/CH2Cl.3ClH.Ti/c1-2;;;;/h1H2;3*1H;/q;;;;+3/p-3. The predicted molar refractivity (Wildman–Crippen MR) is 11.2 cm³/mol. The van der Waals surface area contributed by atoms with E-state index >= 15 is 0 Å². The predicted octanol–water partition coefficient (Wildman–Crippen LogP) is -7.97. The molecule has 0 amide bonds. The molecule has 0 bridgehead atoms. The molecule has 5 heteroatoms. The zero-order chi connectivity index (χ0) is 2.00. The summed E-state index contributed by atoms with van der Waals surface area (Å²) < 4.78 is 0. The van der Waals surface area contributed by atoms with E-state index in [-0.39, 0.29) is 58.9 Å². The fraction of sp³-hybridized carbons (Fsp3) is 0. The van der Waals surface area contributed by atoms with Gasteiger partial charge in [-0.3, -0.25) is 0 Å². The first kappa shape index (κ1) is 45.0. The molecule has 0 aliphatic rings. The van der Waals surface area contributed by atoms with Gasteiger partial charge in [0.05, 0.1) is 0 Å². The van der Waals surface area contributed by atoms with E-state index in [2.05, 4.69) is 18.0 Å². The van der Waals surface area contributed by atoms with E-state index in [1.54, 1.807) is 0 Å². The monoisotopic (exact) mass is 202 g/mol. The van der Waals surface area contributed by atoms with Crippen molar-refractivity contribution in [2.24, 2.45) is 0 Å². The minimum Gasteiger partial charge on any atom is -1.00 e. The van der Waals surface area contributed by atoms with Crippen molar-refractivity contribution in [3.05, 3.63) is 6.38 Å². The second-order valence-electron chi connectivity index (χ2n) is 0. The van der Waals surface area contributed by atoms with Gasteiger partial charge in [-0.1, -0.05) is 0 Å². The Balaban J connectivity index is -0.000000000833. The number of halogens is 4. The summed E-state index contributed by atoms with van der Waals surface area (Å²) in [6.45, 7) is 0. The van der Waals surface area contributed by atoms with Crippen molar-refractivity contribution < 1.29 is 58.9 Å². The minimum atomic E-state index is 0. The fourth-order valence-electron chi connectivity index (χ4n) is 0. The van der Waals surface area contributed by atoms with Gasteiger partial charge in [-0.2, -0.15) is 0 Å². The van der Waals surface area contributed by atoms with E-state index in [4.69, 9.17) is 0 Å². The van der Waals surface area contributed by atoms with Crippen LogP contribution in [0.2, 0.25) is 0 Å². The smallest absolute Gasteiger partial charge is 1.00 e. The van der Waals surface area contributed by atoms with Gasteiger partial charge in [0.25, 0.3) is 0 Å². The molecular weight excluding hydrogens is 202 g/mol. The van der Waals surface area contributed by atoms with E-state index in [9.17, 15) is 0 Å². The maximum Gasteiger partial charge on any atom is 3.00 e. The van der Waals surface area contributed by atoms with Crippen LogP contribution in [0.4, 0.5) is 0 Å². The third kappa shape index (κ3) is 39.7. The zero-order valence-corrected chi connectivity index (χ0v) is 7.30. The number of rotatable bonds is 0. The Bertz CT molecular complexity index is 7.51. The van der Waals surface area contributed by atoms with Gasteiger partial charge in [-0.15, -0.1) is 11.6 Å². The molecule has 0 saturated carbocycles. The molecule has 0 unspecified atom stereocenters. The molecule has 0 aromatic heterocycles. The van der Waals surface area contributed by atoms with Crippen LogP contribution in [0.3, 0.4) is 0 Å². The van der Waals surface area contributed by atoms with Crippen molar-refractivity contribution in [3.8, 4) is 0 Å². The van der Waals surface area contributed by atoms with Crippen molar-refractivity contribution in [2.75, 3.05) is 0 Å². The van der Waals surface area contributed by atoms with Gasteiger partial charge in [-0.05, 0) is 0 Å². The summed E-state index contributed by atoms with van der Waals surface area (Å²) in [4.78, 5) is 0. The Labute approximate surface area is 76.5 Å². The molecule has 0 N–H and O–H groups in total. The molecular formula is CH2Cl4Ti. The third-order valence-corrected chi connectivity index (χ3v) is 0. The van der Waals surface area contributed by atoms with Gasteiger partial charge in [0.15, 0.2) is 0 Å². The van der Waals surface area contributed by atoms with E-state index in [1.807, 2.05) is 0 Å². The first-order chi connectivity index (χ1) is 1.00. The molecule has 0 nitrogen and oxygen atoms in total. The van der Waals surface area contributed by atoms with Crippen LogP contribution in [0.15, 0.2) is 0 Å². The average Bonchev–Trinajstić information content (AvgIpc) is 1.00. The van der Waals surface area contributed by atoms with Crippen molar-refractivity contribution >= 4 is 11.6 Å². The van der Waals surface area contributed by atoms with E-state index in [0.29, 0.717) is 0 Å². The van der Waals surface area contributed by atoms with Gasteiger partial charge in [0.2, 0.25) is 0 Å². The van der Waals surface area contributed by atoms with E-state index in [0.717, 1.165) is 0 Å². The van der Waals surface area contributed by atoms with Crippen molar-refractivity contribution in [1.82, 2.24) is 0 Å². The fourth-order valence-corrected chi connectivity index (χ4v) is 0. The topological polar surface area (TPSA) is 0 Å². The average molecular weight is 204 g/mol. The number of hydrogen-bond donors (Lipinski definition) is 0. The molecule has 0 spiro atoms. The normalized spacial score (nSPS) is 1.00. The van der Waals surface area contributed by atoms with Crippen molar-refractivity contribution in [1.29, 1.82) is 0 Å². The zero-order valence-electron chi connectivity index (χ0n) is 2.72. The molecule has 0 fully saturated rings. The van der Waals surface area contributed by atoms with Crippen molar-refractivity contribution in [2.45, 2.75) is 0 Å². The van der Waals surface area contributed by atoms with Crippen LogP contribution in [-0.4, -0.2) is 0 Å². The Morgan fingerprint density at radius 1 is 0.833 bits per heavy atom. The van der Waals surface area contributed by atoms with Crippen LogP contribution < -0.4 is 37.2 Å². The third-order valence-electron chi connectivity index (χ3n) is 0. The Morgan fingerprint density at radius 2 is 0.833 bits per heavy atom. The largest absolute Gasteiger partial charge is 3.00 e. The van der Waals surface area contributed by atoms with Crippen LogP contribution >= 0.6 is 11.6 Å². The van der Waals surface area contributed by atoms with Crippen molar-refractivity contribution in [3.63, 3.8) is 0 Å². The van der Waals surface area contributed by atoms with Gasteiger partial charge < -0.3 is 37.2 Å². The SMILES string of the molecule is [CH2]Cl.[Cl-].[Cl-].[Cl-].[Ti+3]. The summed E-state index contributed by atoms with van der Waals surface area (Å²) in [6.07, 6.45) is 2.72. The first-order valence-electron chi connectivity index (χ1n) is 0.267. The molecule has 0 aliphatic heterocycles. The van der Waals surface area contributed by atoms with E-state index in [1.165, 1.54) is 0 Å². The molecule has 0 aromatic rings. The molecule has 0 heterocycles. The summed E-state index contributed by atoms with van der Waals surface area (Å²) in [6, 6.07) is 0. The molecule has 6 heavy (non-hydrogen) atoms. The molecule has 0 atom stereocenters. The summed E-state index contributed by atoms with van der Waals surface area (Å²) in [5.74, 6) is 0. The van der Waals surface area contributed by atoms with Crippen LogP contribution in [0.1, 0.15) is 0 Å². The van der Waals surface area contributed by atoms with Crippen LogP contribution in [-0.2, 0) is 21.7 Å². The molecule has 38 valence electrons. The summed E-state index contributed by atoms with van der Waals surface area (Å²) in [5, 5.41) is 0. The maximum atomic E-state index is 4.39. The second kappa shape index (κ2) is 67.5. The van der Waals surface area contributed by atoms with Gasteiger partial charge >= 0.3 is 21.7 Å². The molecule has 0 aromatic carbocycles. The summed E-state index contributed by atoms with van der Waals surface area (Å²) >= 11 is 4.39. The quantitative estimate of drug-likeness (QED) is 0.343. The summed E-state index contributed by atoms with van der Waals surface area (Å²) in [7, 11) is 0. The Morgan fingerprint density at radius 3 is 0.833 bits per heavy atom. The van der Waals surface area contributed by atoms with Crippen LogP contribution in [0, 0.1) is 6.38 Å². The van der Waals surface area contributed by atoms with Crippen LogP contribution in [0.25, 0.3) is 0 Å². The Kier molecular flexibility index (Phi) is 507. The molecule has 2 radical (unpaired) electrons. The van der Waals surface area contributed by atoms with Crippen LogP contribution in [0.5, 0.6) is 0 Å². The molecule has 0 rings (SSSR count). The van der Waals surface area contributed by atoms with Gasteiger partial charge in [0.1, 0.15) is 0 Å². The summed E-state index contributed by atoms with van der Waals surface area (Å²) in [5.41, 5.74) is 0. The Hall–Kier alpha value is 1.87.